The minimum atomic E-state index is -3.73. The van der Waals surface area contributed by atoms with Crippen LogP contribution < -0.4 is 10.0 Å². The maximum atomic E-state index is 11.8. The van der Waals surface area contributed by atoms with Crippen molar-refractivity contribution in [3.8, 4) is 0 Å². The first-order valence-corrected chi connectivity index (χ1v) is 7.39. The first-order valence-electron chi connectivity index (χ1n) is 5.84. The molecule has 0 aromatic rings. The highest BCUT2D eigenvalue weighted by molar-refractivity contribution is 7.90. The van der Waals surface area contributed by atoms with E-state index < -0.39 is 27.2 Å². The number of rotatable bonds is 8. The van der Waals surface area contributed by atoms with Gasteiger partial charge in [-0.15, -0.1) is 0 Å². The number of hydrogen-bond donors (Lipinski definition) is 2. The number of hydrogen-bond acceptors (Lipinski definition) is 4. The molecule has 6 nitrogen and oxygen atoms in total. The van der Waals surface area contributed by atoms with Crippen LogP contribution in [0.25, 0.3) is 0 Å². The van der Waals surface area contributed by atoms with Gasteiger partial charge in [-0.1, -0.05) is 25.2 Å². The molecule has 2 amide bonds. The summed E-state index contributed by atoms with van der Waals surface area (Å²) in [5, 5.41) is 1.56. The molecule has 0 aliphatic carbocycles. The summed E-state index contributed by atoms with van der Waals surface area (Å²) in [5.41, 5.74) is 0.649. The van der Waals surface area contributed by atoms with E-state index in [9.17, 15) is 18.0 Å². The van der Waals surface area contributed by atoms with Crippen LogP contribution in [0.2, 0.25) is 0 Å². The average molecular weight is 288 g/mol. The van der Waals surface area contributed by atoms with Gasteiger partial charge in [-0.2, -0.15) is 0 Å². The maximum absolute atomic E-state index is 11.8. The highest BCUT2D eigenvalue weighted by atomic mass is 32.2. The topological polar surface area (TPSA) is 92.3 Å². The number of nitrogens with one attached hydrogen (secondary N) is 2. The van der Waals surface area contributed by atoms with Crippen LogP contribution in [0.4, 0.5) is 0 Å². The average Bonchev–Trinajstić information content (AvgIpc) is 2.36. The van der Waals surface area contributed by atoms with E-state index in [0.717, 1.165) is 0 Å². The van der Waals surface area contributed by atoms with Gasteiger partial charge in [0.1, 0.15) is 6.04 Å². The number of amides is 2. The van der Waals surface area contributed by atoms with Gasteiger partial charge in [-0.3, -0.25) is 14.3 Å². The van der Waals surface area contributed by atoms with Crippen LogP contribution >= 0.6 is 0 Å². The minimum absolute atomic E-state index is 0.340. The molecule has 0 bridgehead atoms. The van der Waals surface area contributed by atoms with E-state index in [1.807, 2.05) is 4.72 Å². The number of carbonyl (C=O) groups is 2. The Morgan fingerprint density at radius 2 is 2.00 bits per heavy atom. The van der Waals surface area contributed by atoms with Gasteiger partial charge in [0.05, 0.1) is 5.25 Å². The molecule has 0 heterocycles. The first-order chi connectivity index (χ1) is 8.78. The van der Waals surface area contributed by atoms with E-state index in [0.29, 0.717) is 18.4 Å². The Bertz CT molecular complexity index is 468. The van der Waals surface area contributed by atoms with Crippen LogP contribution in [0.5, 0.6) is 0 Å². The molecule has 19 heavy (non-hydrogen) atoms. The molecule has 7 heteroatoms. The van der Waals surface area contributed by atoms with Gasteiger partial charge in [-0.05, 0) is 26.3 Å². The second-order valence-corrected chi connectivity index (χ2v) is 6.21. The van der Waals surface area contributed by atoms with E-state index in [1.165, 1.54) is 19.1 Å². The minimum Gasteiger partial charge on any atom is -0.344 e. The summed E-state index contributed by atoms with van der Waals surface area (Å²) in [7, 11) is -3.73. The van der Waals surface area contributed by atoms with Crippen molar-refractivity contribution in [1.82, 2.24) is 10.0 Å². The molecule has 0 fully saturated rings. The van der Waals surface area contributed by atoms with Crippen LogP contribution in [-0.4, -0.2) is 32.0 Å². The van der Waals surface area contributed by atoms with Crippen LogP contribution in [0.1, 0.15) is 27.2 Å². The Kier molecular flexibility index (Phi) is 7.06. The van der Waals surface area contributed by atoms with Gasteiger partial charge in [0.2, 0.25) is 16.4 Å². The molecule has 2 N–H and O–H groups in total. The SMILES string of the molecule is C=CC(C)=CC(NC=O)C(=O)NS(=O)(=O)C(C)CC. The summed E-state index contributed by atoms with van der Waals surface area (Å²) in [4.78, 5) is 22.3. The largest absolute Gasteiger partial charge is 0.344 e. The Balaban J connectivity index is 5.04. The van der Waals surface area contributed by atoms with Crippen LogP contribution in [0, 0.1) is 0 Å². The van der Waals surface area contributed by atoms with Gasteiger partial charge in [-0.25, -0.2) is 8.42 Å². The van der Waals surface area contributed by atoms with Crippen molar-refractivity contribution >= 4 is 22.3 Å². The van der Waals surface area contributed by atoms with E-state index >= 15 is 0 Å². The fourth-order valence-corrected chi connectivity index (χ4v) is 2.17. The second kappa shape index (κ2) is 7.73. The summed E-state index contributed by atoms with van der Waals surface area (Å²) in [6, 6.07) is -1.05. The molecule has 0 aliphatic rings. The third kappa shape index (κ3) is 5.69. The van der Waals surface area contributed by atoms with Crippen molar-refractivity contribution in [2.75, 3.05) is 0 Å². The van der Waals surface area contributed by atoms with Crippen LogP contribution in [0.15, 0.2) is 24.3 Å². The highest BCUT2D eigenvalue weighted by Gasteiger charge is 2.25. The zero-order valence-electron chi connectivity index (χ0n) is 11.3. The third-order valence-electron chi connectivity index (χ3n) is 2.63. The molecule has 0 aromatic heterocycles. The highest BCUT2D eigenvalue weighted by Crippen LogP contribution is 2.04. The number of allylic oxidation sites excluding steroid dienone is 2. The Hall–Kier alpha value is -1.63. The van der Waals surface area contributed by atoms with Crippen molar-refractivity contribution in [3.63, 3.8) is 0 Å². The Morgan fingerprint density at radius 1 is 1.42 bits per heavy atom. The molecule has 0 aliphatic heterocycles. The van der Waals surface area contributed by atoms with Crippen molar-refractivity contribution in [2.24, 2.45) is 0 Å². The Morgan fingerprint density at radius 3 is 2.42 bits per heavy atom. The predicted octanol–water partition coefficient (Wildman–Crippen LogP) is 0.478. The molecule has 0 spiro atoms. The lowest BCUT2D eigenvalue weighted by Crippen LogP contribution is -2.47. The number of carbonyl (C=O) groups excluding carboxylic acids is 2. The molecule has 0 radical (unpaired) electrons. The molecular formula is C12H20N2O4S. The van der Waals surface area contributed by atoms with Crippen molar-refractivity contribution < 1.29 is 18.0 Å². The summed E-state index contributed by atoms with van der Waals surface area (Å²) < 4.78 is 25.4. The standard InChI is InChI=1S/C12H20N2O4S/c1-5-9(3)7-11(13-8-15)12(16)14-19(17,18)10(4)6-2/h5,7-8,10-11H,1,6H2,2-4H3,(H,13,15)(H,14,16). The molecule has 0 aromatic carbocycles. The van der Waals surface area contributed by atoms with E-state index in [2.05, 4.69) is 11.9 Å². The van der Waals surface area contributed by atoms with E-state index in [-0.39, 0.29) is 0 Å². The molecule has 2 unspecified atom stereocenters. The lowest BCUT2D eigenvalue weighted by Gasteiger charge is -2.16. The van der Waals surface area contributed by atoms with Crippen molar-refractivity contribution in [1.29, 1.82) is 0 Å². The van der Waals surface area contributed by atoms with Gasteiger partial charge >= 0.3 is 0 Å². The lowest BCUT2D eigenvalue weighted by atomic mass is 10.2. The van der Waals surface area contributed by atoms with Crippen molar-refractivity contribution in [3.05, 3.63) is 24.3 Å². The fourth-order valence-electron chi connectivity index (χ4n) is 1.13. The quantitative estimate of drug-likeness (QED) is 0.502. The van der Waals surface area contributed by atoms with Gasteiger partial charge in [0, 0.05) is 0 Å². The smallest absolute Gasteiger partial charge is 0.260 e. The summed E-state index contributed by atoms with van der Waals surface area (Å²) in [6.07, 6.45) is 3.64. The second-order valence-electron chi connectivity index (χ2n) is 4.11. The molecular weight excluding hydrogens is 268 g/mol. The molecule has 2 atom stereocenters. The lowest BCUT2D eigenvalue weighted by molar-refractivity contribution is -0.122. The Labute approximate surface area is 114 Å². The van der Waals surface area contributed by atoms with Crippen LogP contribution in [-0.2, 0) is 19.6 Å². The maximum Gasteiger partial charge on any atom is 0.260 e. The normalized spacial score (nSPS) is 15.2. The molecule has 0 rings (SSSR count). The summed E-state index contributed by atoms with van der Waals surface area (Å²) in [6.45, 7) is 8.41. The van der Waals surface area contributed by atoms with Crippen LogP contribution in [0.3, 0.4) is 0 Å². The van der Waals surface area contributed by atoms with E-state index in [1.54, 1.807) is 13.8 Å². The third-order valence-corrected chi connectivity index (χ3v) is 4.51. The fraction of sp³-hybridized carbons (Fsp3) is 0.500. The number of sulfonamides is 1. The van der Waals surface area contributed by atoms with Crippen molar-refractivity contribution in [2.45, 2.75) is 38.5 Å². The molecule has 0 saturated heterocycles. The summed E-state index contributed by atoms with van der Waals surface area (Å²) >= 11 is 0. The monoisotopic (exact) mass is 288 g/mol. The zero-order valence-corrected chi connectivity index (χ0v) is 12.2. The predicted molar refractivity (Wildman–Crippen MR) is 73.8 cm³/mol. The van der Waals surface area contributed by atoms with E-state index in [4.69, 9.17) is 0 Å². The van der Waals surface area contributed by atoms with Gasteiger partial charge in [0.25, 0.3) is 5.91 Å². The van der Waals surface area contributed by atoms with Gasteiger partial charge in [0.15, 0.2) is 0 Å². The van der Waals surface area contributed by atoms with Gasteiger partial charge < -0.3 is 5.32 Å². The first kappa shape index (κ1) is 17.4. The molecule has 108 valence electrons. The zero-order chi connectivity index (χ0) is 15.1. The molecule has 0 saturated carbocycles. The summed E-state index contributed by atoms with van der Waals surface area (Å²) in [5.74, 6) is -0.798.